The minimum atomic E-state index is -3.48. The number of sulfonamides is 1. The third kappa shape index (κ3) is 2.36. The van der Waals surface area contributed by atoms with Crippen molar-refractivity contribution in [2.24, 2.45) is 5.73 Å². The maximum atomic E-state index is 10.7. The predicted molar refractivity (Wildman–Crippen MR) is 43.5 cm³/mol. The van der Waals surface area contributed by atoms with Crippen LogP contribution in [0.1, 0.15) is 0 Å². The molecule has 1 rings (SSSR count). The van der Waals surface area contributed by atoms with E-state index in [0.717, 1.165) is 5.41 Å². The SMILES string of the molecule is N.NC(=O)C1=CC=CS(=O)(=O)N1. The summed E-state index contributed by atoms with van der Waals surface area (Å²) in [6.45, 7) is 0. The van der Waals surface area contributed by atoms with Gasteiger partial charge in [-0.15, -0.1) is 0 Å². The molecular formula is C5H9N3O3S. The van der Waals surface area contributed by atoms with E-state index < -0.39 is 15.9 Å². The van der Waals surface area contributed by atoms with Crippen LogP contribution in [0.2, 0.25) is 0 Å². The van der Waals surface area contributed by atoms with Gasteiger partial charge >= 0.3 is 0 Å². The van der Waals surface area contributed by atoms with Crippen LogP contribution < -0.4 is 16.6 Å². The molecule has 68 valence electrons. The third-order valence-electron chi connectivity index (χ3n) is 1.04. The van der Waals surface area contributed by atoms with Crippen molar-refractivity contribution in [2.45, 2.75) is 0 Å². The van der Waals surface area contributed by atoms with Gasteiger partial charge in [-0.2, -0.15) is 0 Å². The van der Waals surface area contributed by atoms with Crippen molar-refractivity contribution in [3.63, 3.8) is 0 Å². The van der Waals surface area contributed by atoms with Crippen LogP contribution in [0.5, 0.6) is 0 Å². The van der Waals surface area contributed by atoms with Crippen LogP contribution in [0.25, 0.3) is 0 Å². The molecule has 1 aliphatic heterocycles. The minimum absolute atomic E-state index is 0. The molecule has 0 fully saturated rings. The second-order valence-electron chi connectivity index (χ2n) is 1.92. The Hall–Kier alpha value is -1.34. The first-order chi connectivity index (χ1) is 5.01. The highest BCUT2D eigenvalue weighted by molar-refractivity contribution is 7.92. The van der Waals surface area contributed by atoms with Crippen molar-refractivity contribution in [1.29, 1.82) is 0 Å². The van der Waals surface area contributed by atoms with Crippen molar-refractivity contribution < 1.29 is 13.2 Å². The zero-order valence-corrected chi connectivity index (χ0v) is 6.97. The van der Waals surface area contributed by atoms with Crippen LogP contribution in [-0.2, 0) is 14.8 Å². The van der Waals surface area contributed by atoms with E-state index in [4.69, 9.17) is 5.73 Å². The topological polar surface area (TPSA) is 124 Å². The number of hydrogen-bond acceptors (Lipinski definition) is 4. The maximum absolute atomic E-state index is 10.7. The highest BCUT2D eigenvalue weighted by Gasteiger charge is 2.14. The fourth-order valence-electron chi connectivity index (χ4n) is 0.593. The number of nitrogens with one attached hydrogen (secondary N) is 1. The maximum Gasteiger partial charge on any atom is 0.265 e. The second-order valence-corrected chi connectivity index (χ2v) is 3.49. The summed E-state index contributed by atoms with van der Waals surface area (Å²) in [6.07, 6.45) is 2.54. The van der Waals surface area contributed by atoms with Crippen LogP contribution in [0.4, 0.5) is 0 Å². The van der Waals surface area contributed by atoms with Crippen molar-refractivity contribution in [2.75, 3.05) is 0 Å². The van der Waals surface area contributed by atoms with Gasteiger partial charge in [0.1, 0.15) is 5.70 Å². The van der Waals surface area contributed by atoms with Crippen LogP contribution in [0.3, 0.4) is 0 Å². The first-order valence-electron chi connectivity index (χ1n) is 2.72. The van der Waals surface area contributed by atoms with E-state index in [0.29, 0.717) is 0 Å². The molecule has 1 heterocycles. The monoisotopic (exact) mass is 191 g/mol. The van der Waals surface area contributed by atoms with Crippen LogP contribution in [0.15, 0.2) is 23.3 Å². The van der Waals surface area contributed by atoms with E-state index >= 15 is 0 Å². The molecule has 0 bridgehead atoms. The molecule has 12 heavy (non-hydrogen) atoms. The lowest BCUT2D eigenvalue weighted by molar-refractivity contribution is -0.114. The Balaban J connectivity index is 0.00000121. The van der Waals surface area contributed by atoms with E-state index in [2.05, 4.69) is 0 Å². The van der Waals surface area contributed by atoms with Crippen molar-refractivity contribution >= 4 is 15.9 Å². The van der Waals surface area contributed by atoms with Crippen LogP contribution in [-0.4, -0.2) is 14.3 Å². The Morgan fingerprint density at radius 2 is 2.08 bits per heavy atom. The van der Waals surface area contributed by atoms with Gasteiger partial charge in [0.15, 0.2) is 0 Å². The Morgan fingerprint density at radius 1 is 1.50 bits per heavy atom. The first-order valence-corrected chi connectivity index (χ1v) is 4.27. The number of hydrogen-bond donors (Lipinski definition) is 3. The number of primary amides is 1. The first kappa shape index (κ1) is 10.7. The second kappa shape index (κ2) is 3.37. The fourth-order valence-corrected chi connectivity index (χ4v) is 1.42. The molecule has 0 unspecified atom stereocenters. The normalized spacial score (nSPS) is 18.5. The van der Waals surface area contributed by atoms with Gasteiger partial charge in [0, 0.05) is 0 Å². The smallest absolute Gasteiger partial charge is 0.265 e. The zero-order chi connectivity index (χ0) is 8.48. The zero-order valence-electron chi connectivity index (χ0n) is 6.15. The molecular weight excluding hydrogens is 182 g/mol. The van der Waals surface area contributed by atoms with Gasteiger partial charge in [0.25, 0.3) is 15.9 Å². The predicted octanol–water partition coefficient (Wildman–Crippen LogP) is -1.04. The highest BCUT2D eigenvalue weighted by Crippen LogP contribution is 2.01. The Morgan fingerprint density at radius 3 is 2.42 bits per heavy atom. The van der Waals surface area contributed by atoms with Crippen LogP contribution in [0, 0.1) is 0 Å². The van der Waals surface area contributed by atoms with Gasteiger partial charge in [-0.05, 0) is 12.2 Å². The molecule has 0 aromatic carbocycles. The Bertz CT molecular complexity index is 341. The van der Waals surface area contributed by atoms with E-state index in [1.807, 2.05) is 4.72 Å². The van der Waals surface area contributed by atoms with E-state index in [1.54, 1.807) is 0 Å². The summed E-state index contributed by atoms with van der Waals surface area (Å²) in [4.78, 5) is 10.4. The molecule has 6 N–H and O–H groups in total. The van der Waals surface area contributed by atoms with Crippen LogP contribution >= 0.6 is 0 Å². The molecule has 0 radical (unpaired) electrons. The summed E-state index contributed by atoms with van der Waals surface area (Å²) in [6, 6.07) is 0. The number of amides is 1. The van der Waals surface area contributed by atoms with Crippen molar-refractivity contribution in [3.05, 3.63) is 23.3 Å². The number of rotatable bonds is 1. The van der Waals surface area contributed by atoms with Gasteiger partial charge in [-0.25, -0.2) is 8.42 Å². The quantitative estimate of drug-likeness (QED) is 0.489. The molecule has 7 heteroatoms. The Kier molecular flexibility index (Phi) is 2.99. The van der Waals surface area contributed by atoms with Gasteiger partial charge < -0.3 is 11.9 Å². The molecule has 0 aliphatic carbocycles. The standard InChI is InChI=1S/C5H6N2O3S.H3N/c6-5(8)4-2-1-3-11(9,10)7-4;/h1-3,7H,(H2,6,8);1H3. The fraction of sp³-hybridized carbons (Fsp3) is 0. The average molecular weight is 191 g/mol. The van der Waals surface area contributed by atoms with Crippen molar-refractivity contribution in [3.8, 4) is 0 Å². The molecule has 0 saturated heterocycles. The summed E-state index contributed by atoms with van der Waals surface area (Å²) in [5.74, 6) is -0.794. The van der Waals surface area contributed by atoms with E-state index in [-0.39, 0.29) is 11.8 Å². The molecule has 0 aromatic rings. The molecule has 0 spiro atoms. The van der Waals surface area contributed by atoms with Gasteiger partial charge in [0.05, 0.1) is 5.41 Å². The number of carbonyl (C=O) groups excluding carboxylic acids is 1. The van der Waals surface area contributed by atoms with E-state index in [9.17, 15) is 13.2 Å². The molecule has 0 atom stereocenters. The minimum Gasteiger partial charge on any atom is -0.364 e. The lowest BCUT2D eigenvalue weighted by Crippen LogP contribution is -2.31. The summed E-state index contributed by atoms with van der Waals surface area (Å²) in [5.41, 5.74) is 4.70. The number of carbonyl (C=O) groups is 1. The van der Waals surface area contributed by atoms with Gasteiger partial charge in [0.2, 0.25) is 0 Å². The number of allylic oxidation sites excluding steroid dienone is 2. The van der Waals surface area contributed by atoms with E-state index in [1.165, 1.54) is 12.2 Å². The van der Waals surface area contributed by atoms with Gasteiger partial charge in [-0.3, -0.25) is 9.52 Å². The van der Waals surface area contributed by atoms with Crippen molar-refractivity contribution in [1.82, 2.24) is 10.9 Å². The highest BCUT2D eigenvalue weighted by atomic mass is 32.2. The van der Waals surface area contributed by atoms with Gasteiger partial charge in [-0.1, -0.05) is 0 Å². The Labute approximate surface area is 69.8 Å². The molecule has 1 aliphatic rings. The molecule has 6 nitrogen and oxygen atoms in total. The third-order valence-corrected chi connectivity index (χ3v) is 2.06. The summed E-state index contributed by atoms with van der Waals surface area (Å²) < 4.78 is 23.4. The molecule has 0 aromatic heterocycles. The lowest BCUT2D eigenvalue weighted by atomic mass is 10.4. The molecule has 1 amide bonds. The largest absolute Gasteiger partial charge is 0.364 e. The lowest BCUT2D eigenvalue weighted by Gasteiger charge is -2.07. The summed E-state index contributed by atoms with van der Waals surface area (Å²) in [7, 11) is -3.48. The average Bonchev–Trinajstić information content (AvgIpc) is 1.85. The summed E-state index contributed by atoms with van der Waals surface area (Å²) >= 11 is 0. The molecule has 0 saturated carbocycles. The number of nitrogens with two attached hydrogens (primary N) is 1. The summed E-state index contributed by atoms with van der Waals surface area (Å²) in [5, 5.41) is 0.944.